The van der Waals surface area contributed by atoms with E-state index in [0.717, 1.165) is 51.4 Å². The Labute approximate surface area is 329 Å². The molecule has 0 aromatic carbocycles. The SMILES string of the molecule is CC[C@@H]1C[C@H]2CC[C@H](O2)[C@H](C)C(=O)O[C@@H](C)C[C@@H]2CC[C@@H](O2)[C@H](C)C(=O)O[C@@H](CC)C[C@H]2CC[C@H](O2)[C@@H](C)C(=O)O[C@H](CC)C[C@@H]2CC[C@@H](O2)[C@H](C)C(=O)O1. The quantitative estimate of drug-likeness (QED) is 0.211. The molecule has 0 amide bonds. The Morgan fingerprint density at radius 2 is 0.636 bits per heavy atom. The first-order valence-corrected chi connectivity index (χ1v) is 21.7. The second-order valence-electron chi connectivity index (χ2n) is 17.2. The standard InChI is InChI=1S/C43H70O12/c1-9-29-21-33-13-17-36(50-33)25(5)40(44)48-24(4)20-32-12-16-37(49-32)26(6)41(45)53-30(10-2)22-34-14-18-39(51-34)28(8)43(47)55-31(11-3)23-35-15-19-38(52-35)27(7)42(46)54-29/h24-39H,9-23H2,1-8H3/t24-,25-,26-,27-,28+,29+,30-,31+,32-,33+,34+,35-,36-,37+,38+,39-/m0/s1. The Kier molecular flexibility index (Phi) is 16.3. The molecule has 0 aliphatic carbocycles. The van der Waals surface area contributed by atoms with Crippen molar-refractivity contribution in [3.05, 3.63) is 0 Å². The highest BCUT2D eigenvalue weighted by Gasteiger charge is 2.41. The van der Waals surface area contributed by atoms with Crippen LogP contribution in [0.4, 0.5) is 0 Å². The molecule has 0 N–H and O–H groups in total. The van der Waals surface area contributed by atoms with Gasteiger partial charge in [0.25, 0.3) is 0 Å². The van der Waals surface area contributed by atoms with Crippen LogP contribution in [0.3, 0.4) is 0 Å². The summed E-state index contributed by atoms with van der Waals surface area (Å²) >= 11 is 0. The molecule has 0 saturated carbocycles. The number of ether oxygens (including phenoxy) is 8. The number of cyclic esters (lactones) is 4. The van der Waals surface area contributed by atoms with E-state index in [2.05, 4.69) is 0 Å². The zero-order valence-electron chi connectivity index (χ0n) is 34.7. The van der Waals surface area contributed by atoms with E-state index in [1.165, 1.54) is 0 Å². The fourth-order valence-electron chi connectivity index (χ4n) is 9.02. The van der Waals surface area contributed by atoms with Gasteiger partial charge in [-0.05, 0) is 105 Å². The van der Waals surface area contributed by atoms with Crippen LogP contribution in [0.5, 0.6) is 0 Å². The van der Waals surface area contributed by atoms with E-state index < -0.39 is 23.7 Å². The minimum absolute atomic E-state index is 0.116. The summed E-state index contributed by atoms with van der Waals surface area (Å²) in [5.74, 6) is -2.86. The number of hydrogen-bond acceptors (Lipinski definition) is 12. The van der Waals surface area contributed by atoms with Crippen LogP contribution < -0.4 is 0 Å². The van der Waals surface area contributed by atoms with E-state index in [1.54, 1.807) is 0 Å². The first kappa shape index (κ1) is 43.8. The van der Waals surface area contributed by atoms with E-state index in [0.29, 0.717) is 44.9 Å². The molecular weight excluding hydrogens is 708 g/mol. The molecule has 16 atom stereocenters. The van der Waals surface area contributed by atoms with Crippen molar-refractivity contribution < 1.29 is 57.1 Å². The van der Waals surface area contributed by atoms with Gasteiger partial charge >= 0.3 is 23.9 Å². The van der Waals surface area contributed by atoms with Gasteiger partial charge in [0, 0.05) is 25.7 Å². The summed E-state index contributed by atoms with van der Waals surface area (Å²) in [5.41, 5.74) is 0. The maximum atomic E-state index is 13.4. The van der Waals surface area contributed by atoms with Crippen LogP contribution in [-0.2, 0) is 57.1 Å². The molecule has 12 heteroatoms. The molecule has 0 radical (unpaired) electrons. The smallest absolute Gasteiger partial charge is 0.311 e. The van der Waals surface area contributed by atoms with Crippen molar-refractivity contribution in [2.24, 2.45) is 23.7 Å². The third-order valence-corrected chi connectivity index (χ3v) is 13.0. The number of carbonyl (C=O) groups is 4. The van der Waals surface area contributed by atoms with Crippen molar-refractivity contribution in [2.45, 2.75) is 225 Å². The first-order valence-electron chi connectivity index (χ1n) is 21.7. The van der Waals surface area contributed by atoms with Crippen LogP contribution in [-0.4, -0.2) is 97.1 Å². The number of carbonyl (C=O) groups excluding carboxylic acids is 4. The highest BCUT2D eigenvalue weighted by Crippen LogP contribution is 2.35. The van der Waals surface area contributed by atoms with Gasteiger partial charge in [-0.3, -0.25) is 19.2 Å². The summed E-state index contributed by atoms with van der Waals surface area (Å²) in [4.78, 5) is 53.2. The molecule has 8 bridgehead atoms. The molecule has 55 heavy (non-hydrogen) atoms. The van der Waals surface area contributed by atoms with Gasteiger partial charge in [0.15, 0.2) is 0 Å². The van der Waals surface area contributed by atoms with Gasteiger partial charge in [-0.1, -0.05) is 20.8 Å². The average molecular weight is 779 g/mol. The maximum Gasteiger partial charge on any atom is 0.311 e. The summed E-state index contributed by atoms with van der Waals surface area (Å²) in [6, 6.07) is 0. The van der Waals surface area contributed by atoms with E-state index in [4.69, 9.17) is 37.9 Å². The Hall–Kier alpha value is -2.28. The first-order chi connectivity index (χ1) is 26.3. The molecule has 5 heterocycles. The molecule has 0 aromatic heterocycles. The molecule has 5 saturated heterocycles. The minimum Gasteiger partial charge on any atom is -0.462 e. The van der Waals surface area contributed by atoms with Crippen molar-refractivity contribution >= 4 is 23.9 Å². The normalized spacial score (nSPS) is 43.4. The predicted octanol–water partition coefficient (Wildman–Crippen LogP) is 7.19. The van der Waals surface area contributed by atoms with E-state index in [9.17, 15) is 19.2 Å². The molecule has 314 valence electrons. The van der Waals surface area contributed by atoms with Gasteiger partial charge < -0.3 is 37.9 Å². The second kappa shape index (κ2) is 20.4. The highest BCUT2D eigenvalue weighted by molar-refractivity contribution is 5.74. The average Bonchev–Trinajstić information content (AvgIpc) is 4.01. The molecular formula is C43H70O12. The molecule has 5 fully saturated rings. The van der Waals surface area contributed by atoms with Gasteiger partial charge in [-0.15, -0.1) is 0 Å². The van der Waals surface area contributed by atoms with Crippen LogP contribution >= 0.6 is 0 Å². The third-order valence-electron chi connectivity index (χ3n) is 13.0. The molecule has 12 nitrogen and oxygen atoms in total. The van der Waals surface area contributed by atoms with Crippen LogP contribution in [0.1, 0.15) is 152 Å². The molecule has 0 aromatic rings. The molecule has 5 rings (SSSR count). The molecule has 0 unspecified atom stereocenters. The van der Waals surface area contributed by atoms with Crippen molar-refractivity contribution in [3.8, 4) is 0 Å². The number of esters is 4. The van der Waals surface area contributed by atoms with Crippen molar-refractivity contribution in [2.75, 3.05) is 0 Å². The second-order valence-corrected chi connectivity index (χ2v) is 17.2. The number of fused-ring (bicyclic) bond motifs is 8. The lowest BCUT2D eigenvalue weighted by Crippen LogP contribution is -2.34. The van der Waals surface area contributed by atoms with Gasteiger partial charge in [0.1, 0.15) is 24.4 Å². The summed E-state index contributed by atoms with van der Waals surface area (Å²) in [5, 5.41) is 0. The Bertz CT molecular complexity index is 1270. The van der Waals surface area contributed by atoms with E-state index >= 15 is 0 Å². The topological polar surface area (TPSA) is 142 Å². The highest BCUT2D eigenvalue weighted by atomic mass is 16.6. The van der Waals surface area contributed by atoms with Crippen molar-refractivity contribution in [1.82, 2.24) is 0 Å². The van der Waals surface area contributed by atoms with Gasteiger partial charge in [0.05, 0.1) is 72.5 Å². The lowest BCUT2D eigenvalue weighted by atomic mass is 9.99. The summed E-state index contributed by atoms with van der Waals surface area (Å²) in [6.07, 6.45) is 7.47. The number of hydrogen-bond donors (Lipinski definition) is 0. The molecule has 5 aliphatic rings. The van der Waals surface area contributed by atoms with Gasteiger partial charge in [0.2, 0.25) is 0 Å². The maximum absolute atomic E-state index is 13.4. The molecule has 0 spiro atoms. The Morgan fingerprint density at radius 1 is 0.382 bits per heavy atom. The summed E-state index contributed by atoms with van der Waals surface area (Å²) in [7, 11) is 0. The molecule has 5 aliphatic heterocycles. The predicted molar refractivity (Wildman–Crippen MR) is 203 cm³/mol. The Balaban J connectivity index is 1.23. The van der Waals surface area contributed by atoms with Crippen molar-refractivity contribution in [1.29, 1.82) is 0 Å². The lowest BCUT2D eigenvalue weighted by Gasteiger charge is -2.27. The monoisotopic (exact) mass is 778 g/mol. The Morgan fingerprint density at radius 3 is 0.909 bits per heavy atom. The minimum atomic E-state index is -0.435. The van der Waals surface area contributed by atoms with Crippen LogP contribution in [0.25, 0.3) is 0 Å². The van der Waals surface area contributed by atoms with Crippen molar-refractivity contribution in [3.63, 3.8) is 0 Å². The van der Waals surface area contributed by atoms with Gasteiger partial charge in [-0.2, -0.15) is 0 Å². The zero-order valence-corrected chi connectivity index (χ0v) is 34.7. The summed E-state index contributed by atoms with van der Waals surface area (Å²) < 4.78 is 49.3. The summed E-state index contributed by atoms with van der Waals surface area (Å²) in [6.45, 7) is 15.3. The largest absolute Gasteiger partial charge is 0.462 e. The third kappa shape index (κ3) is 11.9. The van der Waals surface area contributed by atoms with Crippen LogP contribution in [0.15, 0.2) is 0 Å². The fourth-order valence-corrected chi connectivity index (χ4v) is 9.02. The fraction of sp³-hybridized carbons (Fsp3) is 0.907. The zero-order chi connectivity index (χ0) is 39.8. The number of rotatable bonds is 3. The van der Waals surface area contributed by atoms with Crippen LogP contribution in [0.2, 0.25) is 0 Å². The van der Waals surface area contributed by atoms with Crippen LogP contribution in [0, 0.1) is 23.7 Å². The lowest BCUT2D eigenvalue weighted by molar-refractivity contribution is -0.162. The van der Waals surface area contributed by atoms with Gasteiger partial charge in [-0.25, -0.2) is 0 Å². The van der Waals surface area contributed by atoms with E-state index in [1.807, 2.05) is 55.4 Å². The van der Waals surface area contributed by atoms with E-state index in [-0.39, 0.29) is 97.1 Å².